The standard InChI is InChI=1S/C40H57N2O7/c1-6-8-9-10-11-12-13-14-15-16-17-20-27-48-38-36(46-4)28-33(29-37(38)47-5)31-49-40(44)42(30-32-23-25-41(7-2)26-24-32)39(43)34-21-18-19-22-35(34)45-3/h18-19,21-26,28-29H,6-17,20,27,30-31H2,1-5H3/q+1. The number of hydrogen-bond acceptors (Lipinski definition) is 7. The Hall–Kier alpha value is -4.27. The highest BCUT2D eigenvalue weighted by Gasteiger charge is 2.27. The first kappa shape index (κ1) is 39.2. The molecule has 49 heavy (non-hydrogen) atoms. The van der Waals surface area contributed by atoms with Crippen LogP contribution in [0, 0.1) is 0 Å². The molecule has 0 bridgehead atoms. The number of unbranched alkanes of at least 4 members (excludes halogenated alkanes) is 11. The van der Waals surface area contributed by atoms with Crippen molar-refractivity contribution in [3.63, 3.8) is 0 Å². The van der Waals surface area contributed by atoms with Crippen molar-refractivity contribution < 1.29 is 37.8 Å². The quantitative estimate of drug-likeness (QED) is 0.0731. The molecule has 1 heterocycles. The Kier molecular flexibility index (Phi) is 17.9. The van der Waals surface area contributed by atoms with E-state index in [1.807, 2.05) is 36.0 Å². The van der Waals surface area contributed by atoms with Crippen LogP contribution >= 0.6 is 0 Å². The fourth-order valence-electron chi connectivity index (χ4n) is 5.67. The Morgan fingerprint density at radius 3 is 1.78 bits per heavy atom. The largest absolute Gasteiger partial charge is 0.496 e. The van der Waals surface area contributed by atoms with Crippen molar-refractivity contribution in [1.29, 1.82) is 0 Å². The van der Waals surface area contributed by atoms with Gasteiger partial charge in [0, 0.05) is 12.1 Å². The van der Waals surface area contributed by atoms with Crippen LogP contribution in [0.25, 0.3) is 0 Å². The van der Waals surface area contributed by atoms with Gasteiger partial charge in [0.05, 0.1) is 40.0 Å². The van der Waals surface area contributed by atoms with Gasteiger partial charge in [0.25, 0.3) is 5.91 Å². The van der Waals surface area contributed by atoms with E-state index in [1.165, 1.54) is 71.3 Å². The van der Waals surface area contributed by atoms with Crippen molar-refractivity contribution in [3.05, 3.63) is 77.6 Å². The van der Waals surface area contributed by atoms with E-state index in [0.717, 1.165) is 29.8 Å². The lowest BCUT2D eigenvalue weighted by molar-refractivity contribution is -0.693. The summed E-state index contributed by atoms with van der Waals surface area (Å²) in [7, 11) is 4.62. The minimum Gasteiger partial charge on any atom is -0.496 e. The van der Waals surface area contributed by atoms with Crippen LogP contribution in [0.1, 0.15) is 112 Å². The summed E-state index contributed by atoms with van der Waals surface area (Å²) in [5.41, 5.74) is 1.68. The van der Waals surface area contributed by atoms with Gasteiger partial charge in [0.15, 0.2) is 23.9 Å². The molecular formula is C40H57N2O7+. The molecule has 0 spiro atoms. The van der Waals surface area contributed by atoms with Crippen LogP contribution in [0.3, 0.4) is 0 Å². The molecule has 0 aliphatic carbocycles. The van der Waals surface area contributed by atoms with Crippen LogP contribution in [0.4, 0.5) is 4.79 Å². The molecule has 0 N–H and O–H groups in total. The lowest BCUT2D eigenvalue weighted by Gasteiger charge is -2.22. The number of rotatable bonds is 23. The molecule has 2 aromatic carbocycles. The fraction of sp³-hybridized carbons (Fsp3) is 0.525. The van der Waals surface area contributed by atoms with Crippen molar-refractivity contribution in [2.45, 2.75) is 111 Å². The molecule has 0 saturated heterocycles. The van der Waals surface area contributed by atoms with Gasteiger partial charge < -0.3 is 23.7 Å². The van der Waals surface area contributed by atoms with Gasteiger partial charge in [-0.2, -0.15) is 0 Å². The van der Waals surface area contributed by atoms with Gasteiger partial charge in [-0.1, -0.05) is 89.7 Å². The highest BCUT2D eigenvalue weighted by molar-refractivity contribution is 6.04. The number of nitrogens with zero attached hydrogens (tertiary/aromatic N) is 2. The number of ether oxygens (including phenoxy) is 5. The molecular weight excluding hydrogens is 620 g/mol. The average molecular weight is 678 g/mol. The molecule has 0 aliphatic heterocycles. The third kappa shape index (κ3) is 12.9. The molecule has 0 radical (unpaired) electrons. The van der Waals surface area contributed by atoms with Gasteiger partial charge in [-0.15, -0.1) is 0 Å². The van der Waals surface area contributed by atoms with Crippen molar-refractivity contribution in [2.24, 2.45) is 0 Å². The predicted octanol–water partition coefficient (Wildman–Crippen LogP) is 9.08. The number of aryl methyl sites for hydroxylation is 1. The Labute approximate surface area is 293 Å². The number of methoxy groups -OCH3 is 3. The molecule has 3 aromatic rings. The second-order valence-corrected chi connectivity index (χ2v) is 12.3. The normalized spacial score (nSPS) is 10.8. The zero-order valence-electron chi connectivity index (χ0n) is 30.3. The number of imide groups is 1. The number of benzene rings is 2. The van der Waals surface area contributed by atoms with E-state index in [4.69, 9.17) is 23.7 Å². The first-order valence-corrected chi connectivity index (χ1v) is 17.9. The topological polar surface area (TPSA) is 87.4 Å². The summed E-state index contributed by atoms with van der Waals surface area (Å²) < 4.78 is 30.5. The Balaban J connectivity index is 1.58. The van der Waals surface area contributed by atoms with E-state index < -0.39 is 12.0 Å². The van der Waals surface area contributed by atoms with E-state index in [1.54, 1.807) is 50.6 Å². The monoisotopic (exact) mass is 677 g/mol. The van der Waals surface area contributed by atoms with E-state index in [0.29, 0.717) is 35.2 Å². The molecule has 3 rings (SSSR count). The summed E-state index contributed by atoms with van der Waals surface area (Å²) >= 11 is 0. The van der Waals surface area contributed by atoms with E-state index in [9.17, 15) is 9.59 Å². The first-order chi connectivity index (χ1) is 23.9. The zero-order valence-corrected chi connectivity index (χ0v) is 30.3. The molecule has 2 amide bonds. The van der Waals surface area contributed by atoms with Gasteiger partial charge in [-0.05, 0) is 48.7 Å². The Bertz CT molecular complexity index is 1380. The summed E-state index contributed by atoms with van der Waals surface area (Å²) in [5, 5.41) is 0. The van der Waals surface area contributed by atoms with Gasteiger partial charge in [0.2, 0.25) is 5.75 Å². The number of para-hydroxylation sites is 1. The zero-order chi connectivity index (χ0) is 35.3. The maximum absolute atomic E-state index is 13.7. The molecule has 268 valence electrons. The van der Waals surface area contributed by atoms with Gasteiger partial charge in [0.1, 0.15) is 18.9 Å². The molecule has 0 unspecified atom stereocenters. The Morgan fingerprint density at radius 1 is 0.673 bits per heavy atom. The molecule has 0 aliphatic rings. The number of hydrogen-bond donors (Lipinski definition) is 0. The number of aromatic nitrogens is 1. The maximum atomic E-state index is 13.7. The fourth-order valence-corrected chi connectivity index (χ4v) is 5.67. The van der Waals surface area contributed by atoms with Gasteiger partial charge in [-0.3, -0.25) is 4.79 Å². The molecule has 0 fully saturated rings. The van der Waals surface area contributed by atoms with E-state index >= 15 is 0 Å². The lowest BCUT2D eigenvalue weighted by atomic mass is 10.1. The third-order valence-electron chi connectivity index (χ3n) is 8.60. The predicted molar refractivity (Wildman–Crippen MR) is 191 cm³/mol. The molecule has 0 saturated carbocycles. The van der Waals surface area contributed by atoms with Crippen molar-refractivity contribution in [3.8, 4) is 23.0 Å². The lowest BCUT2D eigenvalue weighted by Crippen LogP contribution is -2.37. The summed E-state index contributed by atoms with van der Waals surface area (Å²) in [6.07, 6.45) is 18.3. The van der Waals surface area contributed by atoms with Crippen LogP contribution in [0.15, 0.2) is 60.9 Å². The van der Waals surface area contributed by atoms with Crippen LogP contribution in [0.2, 0.25) is 0 Å². The van der Waals surface area contributed by atoms with Crippen molar-refractivity contribution in [2.75, 3.05) is 27.9 Å². The van der Waals surface area contributed by atoms with Crippen LogP contribution in [-0.4, -0.2) is 44.8 Å². The van der Waals surface area contributed by atoms with E-state index in [2.05, 4.69) is 6.92 Å². The minimum absolute atomic E-state index is 0.0266. The highest BCUT2D eigenvalue weighted by atomic mass is 16.6. The number of amides is 2. The van der Waals surface area contributed by atoms with Crippen LogP contribution < -0.4 is 23.5 Å². The minimum atomic E-state index is -0.784. The van der Waals surface area contributed by atoms with Crippen LogP contribution in [-0.2, 0) is 24.4 Å². The summed E-state index contributed by atoms with van der Waals surface area (Å²) in [4.78, 5) is 28.3. The summed E-state index contributed by atoms with van der Waals surface area (Å²) in [6.45, 7) is 5.58. The van der Waals surface area contributed by atoms with Crippen LogP contribution in [0.5, 0.6) is 23.0 Å². The Morgan fingerprint density at radius 2 is 1.22 bits per heavy atom. The van der Waals surface area contributed by atoms with Gasteiger partial charge >= 0.3 is 6.09 Å². The van der Waals surface area contributed by atoms with Crippen molar-refractivity contribution >= 4 is 12.0 Å². The number of carbonyl (C=O) groups excluding carboxylic acids is 2. The molecule has 1 aromatic heterocycles. The van der Waals surface area contributed by atoms with Crippen molar-refractivity contribution in [1.82, 2.24) is 4.90 Å². The SMILES string of the molecule is CCCCCCCCCCCCCCOc1c(OC)cc(COC(=O)N(Cc2cc[n+](CC)cc2)C(=O)c2ccccc2OC)cc1OC. The van der Waals surface area contributed by atoms with Gasteiger partial charge in [-0.25, -0.2) is 14.3 Å². The van der Waals surface area contributed by atoms with E-state index in [-0.39, 0.29) is 18.7 Å². The second kappa shape index (κ2) is 22.4. The molecule has 9 nitrogen and oxygen atoms in total. The highest BCUT2D eigenvalue weighted by Crippen LogP contribution is 2.39. The summed E-state index contributed by atoms with van der Waals surface area (Å²) in [5.74, 6) is 1.34. The number of pyridine rings is 1. The first-order valence-electron chi connectivity index (χ1n) is 17.9. The molecule has 9 heteroatoms. The smallest absolute Gasteiger partial charge is 0.417 e. The molecule has 0 atom stereocenters. The number of carbonyl (C=O) groups is 2. The maximum Gasteiger partial charge on any atom is 0.417 e. The second-order valence-electron chi connectivity index (χ2n) is 12.3. The average Bonchev–Trinajstić information content (AvgIpc) is 3.14. The third-order valence-corrected chi connectivity index (χ3v) is 8.60. The summed E-state index contributed by atoms with van der Waals surface area (Å²) in [6, 6.07) is 14.1.